The highest BCUT2D eigenvalue weighted by atomic mass is 14.1. The largest absolute Gasteiger partial charge is 0.0845 e. The van der Waals surface area contributed by atoms with Gasteiger partial charge in [0.05, 0.1) is 0 Å². The Bertz CT molecular complexity index is 276. The fourth-order valence-electron chi connectivity index (χ4n) is 1.97. The highest BCUT2D eigenvalue weighted by Gasteiger charge is 2.08. The van der Waals surface area contributed by atoms with Crippen LogP contribution in [-0.2, 0) is 0 Å². The van der Waals surface area contributed by atoms with Gasteiger partial charge in [-0.3, -0.25) is 0 Å². The molecule has 1 aliphatic carbocycles. The average Bonchev–Trinajstić information content (AvgIpc) is 2.28. The Labute approximate surface area is 94.8 Å². The highest BCUT2D eigenvalue weighted by molar-refractivity contribution is 5.36. The second-order valence-corrected chi connectivity index (χ2v) is 4.41. The van der Waals surface area contributed by atoms with Gasteiger partial charge < -0.3 is 0 Å². The third-order valence-electron chi connectivity index (χ3n) is 3.09. The molecule has 0 aliphatic heterocycles. The van der Waals surface area contributed by atoms with E-state index in [2.05, 4.69) is 39.0 Å². The minimum Gasteiger partial charge on any atom is -0.0845 e. The number of hydrogen-bond acceptors (Lipinski definition) is 0. The maximum Gasteiger partial charge on any atom is -0.0276 e. The summed E-state index contributed by atoms with van der Waals surface area (Å²) in [5.41, 5.74) is 4.68. The Morgan fingerprint density at radius 1 is 1.13 bits per heavy atom. The number of allylic oxidation sites excluding steroid dienone is 6. The predicted octanol–water partition coefficient (Wildman–Crippen LogP) is 5.18. The maximum absolute atomic E-state index is 2.41. The summed E-state index contributed by atoms with van der Waals surface area (Å²) in [5, 5.41) is 0. The van der Waals surface area contributed by atoms with Crippen molar-refractivity contribution in [2.45, 2.75) is 59.3 Å². The summed E-state index contributed by atoms with van der Waals surface area (Å²) in [6.45, 7) is 6.67. The Morgan fingerprint density at radius 2 is 1.80 bits per heavy atom. The molecule has 0 aromatic rings. The van der Waals surface area contributed by atoms with Crippen LogP contribution in [-0.4, -0.2) is 0 Å². The summed E-state index contributed by atoms with van der Waals surface area (Å²) in [6, 6.07) is 0. The normalized spacial score (nSPS) is 19.0. The zero-order valence-corrected chi connectivity index (χ0v) is 10.5. The monoisotopic (exact) mass is 204 g/mol. The number of rotatable bonds is 4. The van der Waals surface area contributed by atoms with Crippen LogP contribution in [0.5, 0.6) is 0 Å². The van der Waals surface area contributed by atoms with Crippen molar-refractivity contribution in [3.63, 3.8) is 0 Å². The smallest absolute Gasteiger partial charge is 0.0276 e. The molecule has 0 heteroatoms. The van der Waals surface area contributed by atoms with Gasteiger partial charge in [0.1, 0.15) is 0 Å². The minimum atomic E-state index is 1.15. The Hall–Kier alpha value is -0.780. The van der Waals surface area contributed by atoms with Gasteiger partial charge in [0.2, 0.25) is 0 Å². The summed E-state index contributed by atoms with van der Waals surface area (Å²) < 4.78 is 0. The molecule has 0 atom stereocenters. The topological polar surface area (TPSA) is 0 Å². The summed E-state index contributed by atoms with van der Waals surface area (Å²) in [5.74, 6) is 0. The van der Waals surface area contributed by atoms with Crippen molar-refractivity contribution >= 4 is 0 Å². The molecule has 0 spiro atoms. The van der Waals surface area contributed by atoms with E-state index in [9.17, 15) is 0 Å². The second kappa shape index (κ2) is 6.66. The van der Waals surface area contributed by atoms with Gasteiger partial charge in [0.25, 0.3) is 0 Å². The molecular formula is C15H24. The molecule has 0 radical (unpaired) electrons. The van der Waals surface area contributed by atoms with E-state index in [1.165, 1.54) is 37.7 Å². The molecule has 0 unspecified atom stereocenters. The van der Waals surface area contributed by atoms with Crippen LogP contribution in [0.15, 0.2) is 34.9 Å². The molecule has 0 saturated heterocycles. The van der Waals surface area contributed by atoms with Crippen molar-refractivity contribution in [1.29, 1.82) is 0 Å². The first-order chi connectivity index (χ1) is 7.27. The van der Waals surface area contributed by atoms with Crippen LogP contribution in [0.25, 0.3) is 0 Å². The molecule has 0 saturated carbocycles. The van der Waals surface area contributed by atoms with Gasteiger partial charge in [0.15, 0.2) is 0 Å². The van der Waals surface area contributed by atoms with Crippen LogP contribution in [0.1, 0.15) is 59.3 Å². The molecular weight excluding hydrogens is 180 g/mol. The molecule has 0 heterocycles. The zero-order valence-electron chi connectivity index (χ0n) is 10.5. The Balaban J connectivity index is 2.85. The quantitative estimate of drug-likeness (QED) is 0.592. The molecule has 0 bridgehead atoms. The van der Waals surface area contributed by atoms with Crippen LogP contribution in [0.4, 0.5) is 0 Å². The Morgan fingerprint density at radius 3 is 2.40 bits per heavy atom. The molecule has 0 fully saturated rings. The van der Waals surface area contributed by atoms with Crippen LogP contribution in [0, 0.1) is 0 Å². The minimum absolute atomic E-state index is 1.15. The van der Waals surface area contributed by atoms with E-state index in [0.717, 1.165) is 6.42 Å². The van der Waals surface area contributed by atoms with E-state index in [4.69, 9.17) is 0 Å². The van der Waals surface area contributed by atoms with Crippen molar-refractivity contribution in [3.8, 4) is 0 Å². The molecule has 15 heavy (non-hydrogen) atoms. The fourth-order valence-corrected chi connectivity index (χ4v) is 1.97. The van der Waals surface area contributed by atoms with Crippen molar-refractivity contribution in [3.05, 3.63) is 34.9 Å². The first-order valence-corrected chi connectivity index (χ1v) is 6.33. The van der Waals surface area contributed by atoms with Crippen LogP contribution >= 0.6 is 0 Å². The average molecular weight is 204 g/mol. The highest BCUT2D eigenvalue weighted by Crippen LogP contribution is 2.27. The van der Waals surface area contributed by atoms with Gasteiger partial charge in [-0.25, -0.2) is 0 Å². The lowest BCUT2D eigenvalue weighted by Gasteiger charge is -2.16. The summed E-state index contributed by atoms with van der Waals surface area (Å²) in [7, 11) is 0. The van der Waals surface area contributed by atoms with Crippen molar-refractivity contribution in [2.24, 2.45) is 0 Å². The lowest BCUT2D eigenvalue weighted by Crippen LogP contribution is -1.96. The first-order valence-electron chi connectivity index (χ1n) is 6.33. The third kappa shape index (κ3) is 4.07. The SMILES string of the molecule is CC/C=C/C1=C(/C=C(\C)CC)CCCC1. The van der Waals surface area contributed by atoms with Gasteiger partial charge in [0, 0.05) is 0 Å². The standard InChI is InChI=1S/C15H24/c1-4-6-9-14-10-7-8-11-15(14)12-13(3)5-2/h6,9,12H,4-5,7-8,10-11H2,1-3H3/b9-6+,13-12+. The van der Waals surface area contributed by atoms with Crippen molar-refractivity contribution < 1.29 is 0 Å². The molecule has 0 nitrogen and oxygen atoms in total. The van der Waals surface area contributed by atoms with Crippen LogP contribution < -0.4 is 0 Å². The lowest BCUT2D eigenvalue weighted by atomic mass is 9.90. The van der Waals surface area contributed by atoms with E-state index >= 15 is 0 Å². The van der Waals surface area contributed by atoms with E-state index in [1.54, 1.807) is 11.1 Å². The van der Waals surface area contributed by atoms with E-state index < -0.39 is 0 Å². The van der Waals surface area contributed by atoms with Gasteiger partial charge in [-0.1, -0.05) is 37.6 Å². The van der Waals surface area contributed by atoms with Crippen molar-refractivity contribution in [2.75, 3.05) is 0 Å². The summed E-state index contributed by atoms with van der Waals surface area (Å²) >= 11 is 0. The molecule has 0 aromatic carbocycles. The van der Waals surface area contributed by atoms with E-state index in [-0.39, 0.29) is 0 Å². The van der Waals surface area contributed by atoms with Crippen LogP contribution in [0.3, 0.4) is 0 Å². The third-order valence-corrected chi connectivity index (χ3v) is 3.09. The zero-order chi connectivity index (χ0) is 11.1. The van der Waals surface area contributed by atoms with E-state index in [1.807, 2.05) is 0 Å². The lowest BCUT2D eigenvalue weighted by molar-refractivity contribution is 0.692. The van der Waals surface area contributed by atoms with Gasteiger partial charge in [-0.05, 0) is 56.6 Å². The van der Waals surface area contributed by atoms with Gasteiger partial charge in [-0.2, -0.15) is 0 Å². The summed E-state index contributed by atoms with van der Waals surface area (Å²) in [6.07, 6.45) is 14.7. The maximum atomic E-state index is 2.41. The second-order valence-electron chi connectivity index (χ2n) is 4.41. The van der Waals surface area contributed by atoms with Crippen molar-refractivity contribution in [1.82, 2.24) is 0 Å². The number of hydrogen-bond donors (Lipinski definition) is 0. The van der Waals surface area contributed by atoms with E-state index in [0.29, 0.717) is 0 Å². The molecule has 0 N–H and O–H groups in total. The van der Waals surface area contributed by atoms with Gasteiger partial charge >= 0.3 is 0 Å². The summed E-state index contributed by atoms with van der Waals surface area (Å²) in [4.78, 5) is 0. The molecule has 1 rings (SSSR count). The molecule has 84 valence electrons. The van der Waals surface area contributed by atoms with Crippen LogP contribution in [0.2, 0.25) is 0 Å². The molecule has 1 aliphatic rings. The molecule has 0 amide bonds. The first kappa shape index (κ1) is 12.3. The van der Waals surface area contributed by atoms with Gasteiger partial charge in [-0.15, -0.1) is 0 Å². The fraction of sp³-hybridized carbons (Fsp3) is 0.600. The predicted molar refractivity (Wildman–Crippen MR) is 69.0 cm³/mol. The Kier molecular flexibility index (Phi) is 5.45. The molecule has 0 aromatic heterocycles.